The van der Waals surface area contributed by atoms with E-state index in [0.717, 1.165) is 0 Å². The largest absolute Gasteiger partial charge is 0.459 e. The first kappa shape index (κ1) is 17.2. The summed E-state index contributed by atoms with van der Waals surface area (Å²) in [6.07, 6.45) is 4.15. The van der Waals surface area contributed by atoms with E-state index in [1.54, 1.807) is 31.0 Å². The molecule has 0 saturated carbocycles. The Morgan fingerprint density at radius 3 is 2.37 bits per heavy atom. The van der Waals surface area contributed by atoms with Gasteiger partial charge in [0.1, 0.15) is 11.6 Å². The quantitative estimate of drug-likeness (QED) is 0.282. The maximum absolute atomic E-state index is 11.5. The lowest BCUT2D eigenvalue weighted by atomic mass is 10.2. The van der Waals surface area contributed by atoms with E-state index in [-0.39, 0.29) is 24.9 Å². The molecule has 0 atom stereocenters. The van der Waals surface area contributed by atoms with Crippen molar-refractivity contribution in [2.24, 2.45) is 0 Å². The Morgan fingerprint density at radius 2 is 1.95 bits per heavy atom. The zero-order valence-corrected chi connectivity index (χ0v) is 11.2. The summed E-state index contributed by atoms with van der Waals surface area (Å²) >= 11 is 0. The second-order valence-corrected chi connectivity index (χ2v) is 3.97. The van der Waals surface area contributed by atoms with Crippen molar-refractivity contribution in [1.29, 1.82) is 5.26 Å². The molecular formula is C13H20N2O4. The summed E-state index contributed by atoms with van der Waals surface area (Å²) in [5.41, 5.74) is -0.0992. The first-order chi connectivity index (χ1) is 9.04. The van der Waals surface area contributed by atoms with Crippen LogP contribution in [0.25, 0.3) is 0 Å². The summed E-state index contributed by atoms with van der Waals surface area (Å²) in [6.45, 7) is 4.04. The van der Waals surface area contributed by atoms with Gasteiger partial charge in [-0.15, -0.1) is 0 Å². The van der Waals surface area contributed by atoms with Crippen LogP contribution in [0.2, 0.25) is 0 Å². The van der Waals surface area contributed by atoms with Gasteiger partial charge in [-0.1, -0.05) is 0 Å². The van der Waals surface area contributed by atoms with Crippen molar-refractivity contribution in [1.82, 2.24) is 4.90 Å². The molecule has 0 radical (unpaired) electrons. The summed E-state index contributed by atoms with van der Waals surface area (Å²) in [4.78, 5) is 13.1. The van der Waals surface area contributed by atoms with E-state index in [2.05, 4.69) is 0 Å². The number of carbonyl (C=O) groups excluding carboxylic acids is 1. The lowest BCUT2D eigenvalue weighted by Crippen LogP contribution is -2.24. The monoisotopic (exact) mass is 268 g/mol. The molecule has 0 heterocycles. The molecule has 0 saturated heterocycles. The Bertz CT molecular complexity index is 363. The van der Waals surface area contributed by atoms with Crippen molar-refractivity contribution in [2.45, 2.75) is 20.0 Å². The molecule has 0 aromatic rings. The highest BCUT2D eigenvalue weighted by molar-refractivity contribution is 5.93. The summed E-state index contributed by atoms with van der Waals surface area (Å²) < 4.78 is 4.90. The minimum Gasteiger partial charge on any atom is -0.459 e. The van der Waals surface area contributed by atoms with E-state index in [0.29, 0.717) is 13.1 Å². The minimum atomic E-state index is -0.669. The van der Waals surface area contributed by atoms with Gasteiger partial charge in [0.05, 0.1) is 19.3 Å². The van der Waals surface area contributed by atoms with Gasteiger partial charge in [0.15, 0.2) is 0 Å². The normalized spacial score (nSPS) is 11.7. The zero-order valence-electron chi connectivity index (χ0n) is 11.2. The number of ether oxygens (including phenoxy) is 1. The Kier molecular flexibility index (Phi) is 9.14. The van der Waals surface area contributed by atoms with E-state index in [1.165, 1.54) is 12.2 Å². The number of hydrogen-bond donors (Lipinski definition) is 2. The molecule has 0 aliphatic heterocycles. The molecule has 0 fully saturated rings. The van der Waals surface area contributed by atoms with Crippen molar-refractivity contribution in [3.8, 4) is 6.07 Å². The molecule has 0 aromatic heterocycles. The van der Waals surface area contributed by atoms with Crippen LogP contribution in [-0.4, -0.2) is 53.5 Å². The van der Waals surface area contributed by atoms with Gasteiger partial charge in [-0.2, -0.15) is 5.26 Å². The molecule has 19 heavy (non-hydrogen) atoms. The number of esters is 1. The molecular weight excluding hydrogens is 248 g/mol. The number of carbonyl (C=O) groups is 1. The zero-order chi connectivity index (χ0) is 14.7. The third-order valence-electron chi connectivity index (χ3n) is 2.02. The second kappa shape index (κ2) is 10.1. The molecule has 0 amide bonds. The van der Waals surface area contributed by atoms with Crippen molar-refractivity contribution in [3.05, 3.63) is 23.9 Å². The highest BCUT2D eigenvalue weighted by atomic mass is 16.5. The topological polar surface area (TPSA) is 93.8 Å². The van der Waals surface area contributed by atoms with E-state index in [1.807, 2.05) is 0 Å². The molecule has 106 valence electrons. The number of nitrogens with zero attached hydrogens (tertiary/aromatic N) is 2. The van der Waals surface area contributed by atoms with Gasteiger partial charge in [-0.05, 0) is 32.2 Å². The fourth-order valence-corrected chi connectivity index (χ4v) is 1.21. The average Bonchev–Trinajstić information content (AvgIpc) is 2.34. The molecule has 6 nitrogen and oxygen atoms in total. The molecule has 0 spiro atoms. The maximum Gasteiger partial charge on any atom is 0.349 e. The summed E-state index contributed by atoms with van der Waals surface area (Å²) in [7, 11) is 0. The van der Waals surface area contributed by atoms with Gasteiger partial charge >= 0.3 is 5.97 Å². The van der Waals surface area contributed by atoms with Gasteiger partial charge in [-0.3, -0.25) is 0 Å². The van der Waals surface area contributed by atoms with Crippen LogP contribution in [0.1, 0.15) is 13.8 Å². The van der Waals surface area contributed by atoms with Crippen molar-refractivity contribution >= 4 is 5.97 Å². The first-order valence-corrected chi connectivity index (χ1v) is 6.00. The molecule has 6 heteroatoms. The second-order valence-electron chi connectivity index (χ2n) is 3.97. The molecule has 0 aliphatic rings. The van der Waals surface area contributed by atoms with Crippen molar-refractivity contribution in [3.63, 3.8) is 0 Å². The number of nitriles is 1. The third kappa shape index (κ3) is 7.97. The number of aliphatic hydroxyl groups is 2. The third-order valence-corrected chi connectivity index (χ3v) is 2.02. The van der Waals surface area contributed by atoms with Crippen LogP contribution < -0.4 is 0 Å². The van der Waals surface area contributed by atoms with Crippen LogP contribution >= 0.6 is 0 Å². The Balaban J connectivity index is 4.62. The van der Waals surface area contributed by atoms with Gasteiger partial charge in [0.2, 0.25) is 0 Å². The van der Waals surface area contributed by atoms with E-state index < -0.39 is 5.97 Å². The fraction of sp³-hybridized carbons (Fsp3) is 0.538. The first-order valence-electron chi connectivity index (χ1n) is 6.00. The molecule has 2 N–H and O–H groups in total. The Hall–Kier alpha value is -1.84. The highest BCUT2D eigenvalue weighted by Crippen LogP contribution is 2.01. The van der Waals surface area contributed by atoms with Gasteiger partial charge in [-0.25, -0.2) is 4.79 Å². The molecule has 0 aliphatic carbocycles. The van der Waals surface area contributed by atoms with Crippen LogP contribution in [0.3, 0.4) is 0 Å². The summed E-state index contributed by atoms with van der Waals surface area (Å²) in [5, 5.41) is 26.4. The number of allylic oxidation sites excluding steroid dienone is 2. The van der Waals surface area contributed by atoms with Crippen LogP contribution in [-0.2, 0) is 9.53 Å². The number of aliphatic hydroxyl groups excluding tert-OH is 2. The van der Waals surface area contributed by atoms with Gasteiger partial charge in [0, 0.05) is 13.1 Å². The molecule has 0 rings (SSSR count). The number of hydrogen-bond acceptors (Lipinski definition) is 6. The predicted octanol–water partition coefficient (Wildman–Crippen LogP) is 0.188. The average molecular weight is 268 g/mol. The molecule has 0 bridgehead atoms. The maximum atomic E-state index is 11.5. The number of rotatable bonds is 8. The SMILES string of the molecule is CC(C)OC(=O)C(C#N)=CC=CN(CCO)CCO. The fourth-order valence-electron chi connectivity index (χ4n) is 1.21. The lowest BCUT2D eigenvalue weighted by Gasteiger charge is -2.16. The van der Waals surface area contributed by atoms with E-state index in [4.69, 9.17) is 20.2 Å². The lowest BCUT2D eigenvalue weighted by molar-refractivity contribution is -0.142. The van der Waals surface area contributed by atoms with Crippen LogP contribution in [0.15, 0.2) is 23.9 Å². The molecule has 0 unspecified atom stereocenters. The van der Waals surface area contributed by atoms with Crippen molar-refractivity contribution in [2.75, 3.05) is 26.3 Å². The predicted molar refractivity (Wildman–Crippen MR) is 69.8 cm³/mol. The highest BCUT2D eigenvalue weighted by Gasteiger charge is 2.10. The van der Waals surface area contributed by atoms with Crippen molar-refractivity contribution < 1.29 is 19.7 Å². The summed E-state index contributed by atoms with van der Waals surface area (Å²) in [6, 6.07) is 1.76. The smallest absolute Gasteiger partial charge is 0.349 e. The standard InChI is InChI=1S/C13H20N2O4/c1-11(2)19-13(18)12(10-14)4-3-5-15(6-8-16)7-9-17/h3-5,11,16-17H,6-9H2,1-2H3. The van der Waals surface area contributed by atoms with Crippen LogP contribution in [0.4, 0.5) is 0 Å². The summed E-state index contributed by atoms with van der Waals surface area (Å²) in [5.74, 6) is -0.669. The molecule has 0 aromatic carbocycles. The van der Waals surface area contributed by atoms with Crippen LogP contribution in [0, 0.1) is 11.3 Å². The van der Waals surface area contributed by atoms with Gasteiger partial charge in [0.25, 0.3) is 0 Å². The van der Waals surface area contributed by atoms with Gasteiger partial charge < -0.3 is 19.8 Å². The Morgan fingerprint density at radius 1 is 1.37 bits per heavy atom. The van der Waals surface area contributed by atoms with E-state index in [9.17, 15) is 4.79 Å². The van der Waals surface area contributed by atoms with Crippen LogP contribution in [0.5, 0.6) is 0 Å². The minimum absolute atomic E-state index is 0.0471. The Labute approximate surface area is 113 Å². The van der Waals surface area contributed by atoms with E-state index >= 15 is 0 Å².